The van der Waals surface area contributed by atoms with Crippen molar-refractivity contribution in [3.8, 4) is 0 Å². The molecule has 7 nitrogen and oxygen atoms in total. The topological polar surface area (TPSA) is 82.1 Å². The molecule has 2 aliphatic carbocycles. The molecular weight excluding hydrogens is 509 g/mol. The van der Waals surface area contributed by atoms with E-state index in [-0.39, 0.29) is 47.7 Å². The normalized spacial score (nSPS) is 31.0. The second-order valence-corrected chi connectivity index (χ2v) is 12.3. The van der Waals surface area contributed by atoms with E-state index >= 15 is 0 Å². The number of para-hydroxylation sites is 1. The maximum Gasteiger partial charge on any atom is 0.321 e. The summed E-state index contributed by atoms with van der Waals surface area (Å²) in [5.74, 6) is 1.20. The van der Waals surface area contributed by atoms with Gasteiger partial charge >= 0.3 is 6.03 Å². The Bertz CT molecular complexity index is 1220. The Balaban J connectivity index is 1.27. The van der Waals surface area contributed by atoms with E-state index < -0.39 is 5.82 Å². The van der Waals surface area contributed by atoms with Crippen LogP contribution in [0, 0.1) is 34.9 Å². The Kier molecular flexibility index (Phi) is 7.57. The summed E-state index contributed by atoms with van der Waals surface area (Å²) < 4.78 is 20.0. The molecule has 2 saturated heterocycles. The van der Waals surface area contributed by atoms with Gasteiger partial charge in [-0.1, -0.05) is 30.3 Å². The number of nitrogens with zero attached hydrogens (tertiary/aromatic N) is 2. The number of aliphatic hydroxyl groups excluding tert-OH is 1. The number of halogens is 1. The Morgan fingerprint density at radius 1 is 1.02 bits per heavy atom. The van der Waals surface area contributed by atoms with Crippen LogP contribution in [0.1, 0.15) is 48.9 Å². The van der Waals surface area contributed by atoms with Crippen LogP contribution >= 0.6 is 0 Å². The summed E-state index contributed by atoms with van der Waals surface area (Å²) in [4.78, 5) is 30.7. The predicted octanol–water partition coefficient (Wildman–Crippen LogP) is 5.02. The van der Waals surface area contributed by atoms with Crippen LogP contribution in [0.3, 0.4) is 0 Å². The summed E-state index contributed by atoms with van der Waals surface area (Å²) in [6.07, 6.45) is 6.03. The Hall–Kier alpha value is -2.97. The van der Waals surface area contributed by atoms with Gasteiger partial charge in [0.15, 0.2) is 0 Å². The van der Waals surface area contributed by atoms with Crippen molar-refractivity contribution >= 4 is 17.6 Å². The van der Waals surface area contributed by atoms with Gasteiger partial charge in [0.05, 0.1) is 24.4 Å². The van der Waals surface area contributed by atoms with Crippen molar-refractivity contribution in [2.24, 2.45) is 29.1 Å². The van der Waals surface area contributed by atoms with Gasteiger partial charge in [0.25, 0.3) is 5.91 Å². The number of methoxy groups -OCH3 is 1. The fourth-order valence-electron chi connectivity index (χ4n) is 8.72. The van der Waals surface area contributed by atoms with Gasteiger partial charge in [-0.15, -0.1) is 0 Å². The van der Waals surface area contributed by atoms with Crippen LogP contribution in [-0.4, -0.2) is 72.3 Å². The number of aliphatic hydroxyl groups is 1. The van der Waals surface area contributed by atoms with E-state index in [0.29, 0.717) is 43.0 Å². The molecule has 2 heterocycles. The zero-order valence-electron chi connectivity index (χ0n) is 23.2. The van der Waals surface area contributed by atoms with Crippen molar-refractivity contribution in [3.05, 3.63) is 66.0 Å². The van der Waals surface area contributed by atoms with Crippen LogP contribution in [0.15, 0.2) is 54.6 Å². The molecule has 0 radical (unpaired) electrons. The smallest absolute Gasteiger partial charge is 0.321 e. The summed E-state index contributed by atoms with van der Waals surface area (Å²) in [6.45, 7) is 1.66. The standard InChI is InChI=1S/C32H40FN3O4/c1-40-23-11-12-24-22(17-23)18-25-28(19-37)36(30(38)21-7-3-2-4-8-21)20-32(29(24)25)13-15-35(16-14-32)31(39)34-27-10-6-5-9-26(27)33/h2-10,22-25,28-29,37H,11-20H2,1H3,(H,34,39)/t22?,23?,24?,25?,28-,29?/m0/s1. The van der Waals surface area contributed by atoms with Gasteiger partial charge < -0.3 is 25.0 Å². The molecule has 5 unspecified atom stereocenters. The minimum atomic E-state index is -0.451. The van der Waals surface area contributed by atoms with Crippen molar-refractivity contribution in [1.82, 2.24) is 9.80 Å². The highest BCUT2D eigenvalue weighted by molar-refractivity contribution is 5.94. The number of amides is 3. The molecule has 3 amide bonds. The van der Waals surface area contributed by atoms with Crippen LogP contribution in [0.2, 0.25) is 0 Å². The van der Waals surface area contributed by atoms with Gasteiger partial charge in [-0.05, 0) is 91.9 Å². The first-order valence-corrected chi connectivity index (χ1v) is 14.7. The number of likely N-dealkylation sites (tertiary alicyclic amines) is 2. The Labute approximate surface area is 235 Å². The van der Waals surface area contributed by atoms with E-state index in [1.807, 2.05) is 35.2 Å². The molecule has 2 saturated carbocycles. The van der Waals surface area contributed by atoms with Gasteiger partial charge in [0, 0.05) is 32.3 Å². The molecule has 2 aromatic rings. The third kappa shape index (κ3) is 4.79. The molecule has 0 aromatic heterocycles. The first-order chi connectivity index (χ1) is 19.4. The highest BCUT2D eigenvalue weighted by atomic mass is 19.1. The second kappa shape index (κ2) is 11.1. The lowest BCUT2D eigenvalue weighted by Gasteiger charge is -2.58. The van der Waals surface area contributed by atoms with E-state index in [2.05, 4.69) is 5.32 Å². The maximum absolute atomic E-state index is 14.2. The summed E-state index contributed by atoms with van der Waals surface area (Å²) in [5.41, 5.74) is 0.699. The number of ether oxygens (including phenoxy) is 1. The first kappa shape index (κ1) is 27.2. The molecule has 2 aromatic carbocycles. The van der Waals surface area contributed by atoms with E-state index in [0.717, 1.165) is 38.5 Å². The third-order valence-electron chi connectivity index (χ3n) is 10.5. The summed E-state index contributed by atoms with van der Waals surface area (Å²) in [7, 11) is 1.80. The van der Waals surface area contributed by atoms with Gasteiger partial charge in [0.2, 0.25) is 0 Å². The molecule has 8 heteroatoms. The third-order valence-corrected chi connectivity index (χ3v) is 10.5. The van der Waals surface area contributed by atoms with Gasteiger partial charge in [-0.3, -0.25) is 4.79 Å². The van der Waals surface area contributed by atoms with Crippen molar-refractivity contribution in [1.29, 1.82) is 0 Å². The average molecular weight is 550 g/mol. The highest BCUT2D eigenvalue weighted by Crippen LogP contribution is 2.62. The summed E-state index contributed by atoms with van der Waals surface area (Å²) in [6, 6.07) is 15.1. The molecule has 214 valence electrons. The number of rotatable bonds is 4. The lowest BCUT2D eigenvalue weighted by molar-refractivity contribution is -0.0899. The molecule has 40 heavy (non-hydrogen) atoms. The van der Waals surface area contributed by atoms with E-state index in [4.69, 9.17) is 4.74 Å². The van der Waals surface area contributed by atoms with E-state index in [1.54, 1.807) is 30.2 Å². The average Bonchev–Trinajstić information content (AvgIpc) is 3.38. The van der Waals surface area contributed by atoms with Crippen LogP contribution in [0.4, 0.5) is 14.9 Å². The second-order valence-electron chi connectivity index (χ2n) is 12.3. The van der Waals surface area contributed by atoms with Crippen molar-refractivity contribution in [2.45, 2.75) is 50.7 Å². The highest BCUT2D eigenvalue weighted by Gasteiger charge is 2.61. The van der Waals surface area contributed by atoms with E-state index in [9.17, 15) is 19.1 Å². The molecule has 2 aliphatic heterocycles. The number of hydrogen-bond acceptors (Lipinski definition) is 4. The largest absolute Gasteiger partial charge is 0.394 e. The summed E-state index contributed by atoms with van der Waals surface area (Å²) in [5, 5.41) is 13.4. The number of hydrogen-bond donors (Lipinski definition) is 2. The van der Waals surface area contributed by atoms with Crippen molar-refractivity contribution in [2.75, 3.05) is 38.7 Å². The lowest BCUT2D eigenvalue weighted by atomic mass is 9.57. The van der Waals surface area contributed by atoms with Gasteiger partial charge in [0.1, 0.15) is 5.82 Å². The number of fused-ring (bicyclic) bond motifs is 4. The minimum absolute atomic E-state index is 0.0261. The van der Waals surface area contributed by atoms with Crippen LogP contribution in [0.25, 0.3) is 0 Å². The maximum atomic E-state index is 14.2. The molecule has 0 bridgehead atoms. The SMILES string of the molecule is COC1CCC2C(C1)CC1C2C2(CCN(C(=O)Nc3ccccc3F)CC2)CN(C(=O)c2ccccc2)[C@H]1CO. The molecular formula is C32H40FN3O4. The van der Waals surface area contributed by atoms with E-state index in [1.165, 1.54) is 6.07 Å². The number of benzene rings is 2. The number of carbonyl (C=O) groups is 2. The summed E-state index contributed by atoms with van der Waals surface area (Å²) >= 11 is 0. The number of anilines is 1. The lowest BCUT2D eigenvalue weighted by Crippen LogP contribution is -2.63. The number of carbonyl (C=O) groups excluding carboxylic acids is 2. The van der Waals surface area contributed by atoms with Crippen LogP contribution < -0.4 is 5.32 Å². The minimum Gasteiger partial charge on any atom is -0.394 e. The van der Waals surface area contributed by atoms with Crippen LogP contribution in [0.5, 0.6) is 0 Å². The van der Waals surface area contributed by atoms with Crippen LogP contribution in [-0.2, 0) is 4.74 Å². The van der Waals surface area contributed by atoms with Gasteiger partial charge in [-0.2, -0.15) is 0 Å². The number of piperidine rings is 2. The Morgan fingerprint density at radius 3 is 2.45 bits per heavy atom. The predicted molar refractivity (Wildman–Crippen MR) is 150 cm³/mol. The van der Waals surface area contributed by atoms with Crippen molar-refractivity contribution in [3.63, 3.8) is 0 Å². The fourth-order valence-corrected chi connectivity index (χ4v) is 8.72. The molecule has 2 N–H and O–H groups in total. The first-order valence-electron chi connectivity index (χ1n) is 14.7. The molecule has 4 fully saturated rings. The van der Waals surface area contributed by atoms with Gasteiger partial charge in [-0.25, -0.2) is 9.18 Å². The fraction of sp³-hybridized carbons (Fsp3) is 0.562. The molecule has 6 rings (SSSR count). The Morgan fingerprint density at radius 2 is 1.75 bits per heavy atom. The zero-order valence-corrected chi connectivity index (χ0v) is 23.2. The number of nitrogens with one attached hydrogen (secondary N) is 1. The van der Waals surface area contributed by atoms with Crippen molar-refractivity contribution < 1.29 is 23.8 Å². The molecule has 1 spiro atoms. The quantitative estimate of drug-likeness (QED) is 0.561. The monoisotopic (exact) mass is 549 g/mol. The zero-order chi connectivity index (χ0) is 27.9. The number of urea groups is 1. The molecule has 6 atom stereocenters. The molecule has 4 aliphatic rings.